The molecule has 3 N–H and O–H groups in total. The van der Waals surface area contributed by atoms with Crippen molar-refractivity contribution in [3.8, 4) is 0 Å². The summed E-state index contributed by atoms with van der Waals surface area (Å²) < 4.78 is 36.8. The fourth-order valence-electron chi connectivity index (χ4n) is 2.16. The van der Waals surface area contributed by atoms with E-state index in [0.717, 1.165) is 16.3 Å². The molecule has 0 heterocycles. The van der Waals surface area contributed by atoms with Crippen molar-refractivity contribution < 1.29 is 13.2 Å². The summed E-state index contributed by atoms with van der Waals surface area (Å²) in [5, 5.41) is 4.92. The normalized spacial score (nSPS) is 13.6. The van der Waals surface area contributed by atoms with Crippen molar-refractivity contribution in [2.45, 2.75) is 32.1 Å². The molecule has 1 unspecified atom stereocenters. The summed E-state index contributed by atoms with van der Waals surface area (Å²) >= 11 is 0. The van der Waals surface area contributed by atoms with Crippen LogP contribution in [0.2, 0.25) is 0 Å². The van der Waals surface area contributed by atoms with Crippen molar-refractivity contribution >= 4 is 16.5 Å². The van der Waals surface area contributed by atoms with Gasteiger partial charge in [0.05, 0.1) is 6.42 Å². The maximum absolute atomic E-state index is 12.3. The minimum Gasteiger partial charge on any atom is -0.398 e. The topological polar surface area (TPSA) is 38.0 Å². The summed E-state index contributed by atoms with van der Waals surface area (Å²) in [6.45, 7) is 1.85. The quantitative estimate of drug-likeness (QED) is 0.836. The minimum atomic E-state index is -4.15. The molecule has 0 fully saturated rings. The Morgan fingerprint density at radius 3 is 2.35 bits per heavy atom. The Hall–Kier alpha value is -1.75. The van der Waals surface area contributed by atoms with Crippen LogP contribution in [0.1, 0.15) is 18.9 Å². The van der Waals surface area contributed by atoms with Gasteiger partial charge in [0, 0.05) is 18.3 Å². The van der Waals surface area contributed by atoms with Crippen molar-refractivity contribution in [1.29, 1.82) is 0 Å². The smallest absolute Gasteiger partial charge is 0.390 e. The molecule has 2 rings (SSSR count). The first-order valence-corrected chi connectivity index (χ1v) is 6.42. The average Bonchev–Trinajstić information content (AvgIpc) is 2.34. The number of halogens is 3. The van der Waals surface area contributed by atoms with Gasteiger partial charge in [-0.15, -0.1) is 0 Å². The number of alkyl halides is 3. The van der Waals surface area contributed by atoms with Crippen LogP contribution in [0.25, 0.3) is 10.8 Å². The molecule has 0 saturated carbocycles. The monoisotopic (exact) mass is 282 g/mol. The van der Waals surface area contributed by atoms with E-state index in [9.17, 15) is 13.2 Å². The van der Waals surface area contributed by atoms with Crippen LogP contribution < -0.4 is 11.1 Å². The van der Waals surface area contributed by atoms with E-state index in [0.29, 0.717) is 12.2 Å². The second kappa shape index (κ2) is 5.71. The van der Waals surface area contributed by atoms with E-state index in [-0.39, 0.29) is 0 Å². The highest BCUT2D eigenvalue weighted by Crippen LogP contribution is 2.23. The Kier molecular flexibility index (Phi) is 4.18. The molecule has 1 atom stereocenters. The Morgan fingerprint density at radius 1 is 1.15 bits per heavy atom. The summed E-state index contributed by atoms with van der Waals surface area (Å²) in [7, 11) is 0. The zero-order valence-corrected chi connectivity index (χ0v) is 11.2. The molecule has 108 valence electrons. The third-order valence-electron chi connectivity index (χ3n) is 3.19. The Balaban J connectivity index is 2.08. The highest BCUT2D eigenvalue weighted by molar-refractivity contribution is 5.86. The molecular weight excluding hydrogens is 265 g/mol. The molecule has 0 aliphatic rings. The van der Waals surface area contributed by atoms with Gasteiger partial charge in [0.15, 0.2) is 0 Å². The number of rotatable bonds is 4. The first-order valence-electron chi connectivity index (χ1n) is 6.42. The van der Waals surface area contributed by atoms with Crippen molar-refractivity contribution in [2.75, 3.05) is 5.73 Å². The van der Waals surface area contributed by atoms with Crippen molar-refractivity contribution in [3.05, 3.63) is 42.0 Å². The highest BCUT2D eigenvalue weighted by atomic mass is 19.4. The van der Waals surface area contributed by atoms with Gasteiger partial charge in [-0.2, -0.15) is 13.2 Å². The van der Waals surface area contributed by atoms with E-state index < -0.39 is 18.6 Å². The number of hydrogen-bond acceptors (Lipinski definition) is 2. The summed E-state index contributed by atoms with van der Waals surface area (Å²) in [4.78, 5) is 0. The zero-order chi connectivity index (χ0) is 14.8. The van der Waals surface area contributed by atoms with Crippen LogP contribution in [-0.4, -0.2) is 12.2 Å². The Labute approximate surface area is 115 Å². The van der Waals surface area contributed by atoms with Gasteiger partial charge in [0.25, 0.3) is 0 Å². The fourth-order valence-corrected chi connectivity index (χ4v) is 2.16. The second-order valence-corrected chi connectivity index (χ2v) is 5.00. The van der Waals surface area contributed by atoms with Gasteiger partial charge in [0.2, 0.25) is 0 Å². The first-order chi connectivity index (χ1) is 9.35. The van der Waals surface area contributed by atoms with Crippen LogP contribution in [0.5, 0.6) is 0 Å². The maximum atomic E-state index is 12.3. The van der Waals surface area contributed by atoms with Crippen LogP contribution in [0.4, 0.5) is 18.9 Å². The van der Waals surface area contributed by atoms with Crippen LogP contribution in [0.15, 0.2) is 36.4 Å². The molecule has 20 heavy (non-hydrogen) atoms. The predicted molar refractivity (Wildman–Crippen MR) is 75.3 cm³/mol. The van der Waals surface area contributed by atoms with Crippen LogP contribution >= 0.6 is 0 Å². The van der Waals surface area contributed by atoms with Gasteiger partial charge < -0.3 is 11.1 Å². The molecule has 0 bridgehead atoms. The summed E-state index contributed by atoms with van der Waals surface area (Å²) in [5.41, 5.74) is 7.35. The minimum absolute atomic E-state index is 0.327. The van der Waals surface area contributed by atoms with Gasteiger partial charge in [-0.3, -0.25) is 0 Å². The molecule has 0 aliphatic heterocycles. The lowest BCUT2D eigenvalue weighted by Crippen LogP contribution is -2.30. The van der Waals surface area contributed by atoms with Crippen LogP contribution in [-0.2, 0) is 6.54 Å². The van der Waals surface area contributed by atoms with Crippen molar-refractivity contribution in [1.82, 2.24) is 5.32 Å². The molecule has 0 amide bonds. The maximum Gasteiger partial charge on any atom is 0.390 e. The zero-order valence-electron chi connectivity index (χ0n) is 11.2. The van der Waals surface area contributed by atoms with Crippen molar-refractivity contribution in [2.24, 2.45) is 0 Å². The van der Waals surface area contributed by atoms with Crippen LogP contribution in [0, 0.1) is 0 Å². The average molecular weight is 282 g/mol. The van der Waals surface area contributed by atoms with Gasteiger partial charge in [-0.1, -0.05) is 24.3 Å². The van der Waals surface area contributed by atoms with E-state index in [1.165, 1.54) is 6.92 Å². The van der Waals surface area contributed by atoms with E-state index in [4.69, 9.17) is 5.73 Å². The van der Waals surface area contributed by atoms with Gasteiger partial charge >= 0.3 is 6.18 Å². The first kappa shape index (κ1) is 14.7. The molecule has 2 aromatic carbocycles. The molecule has 0 aliphatic carbocycles. The van der Waals surface area contributed by atoms with Gasteiger partial charge in [-0.05, 0) is 35.4 Å². The van der Waals surface area contributed by atoms with Gasteiger partial charge in [0.1, 0.15) is 0 Å². The molecule has 0 aromatic heterocycles. The largest absolute Gasteiger partial charge is 0.398 e. The highest BCUT2D eigenvalue weighted by Gasteiger charge is 2.29. The molecule has 5 heteroatoms. The number of anilines is 1. The summed E-state index contributed by atoms with van der Waals surface area (Å²) in [5.74, 6) is 0. The molecular formula is C15H17F3N2. The second-order valence-electron chi connectivity index (χ2n) is 5.00. The number of nitrogen functional groups attached to an aromatic ring is 1. The molecule has 0 spiro atoms. The van der Waals surface area contributed by atoms with Gasteiger partial charge in [-0.25, -0.2) is 0 Å². The Bertz CT molecular complexity index is 593. The summed E-state index contributed by atoms with van der Waals surface area (Å²) in [6, 6.07) is 10.9. The third-order valence-corrected chi connectivity index (χ3v) is 3.19. The lowest BCUT2D eigenvalue weighted by molar-refractivity contribution is -0.139. The number of benzene rings is 2. The predicted octanol–water partition coefficient (Wildman–Crippen LogP) is 3.85. The number of nitrogens with two attached hydrogens (primary N) is 1. The lowest BCUT2D eigenvalue weighted by Gasteiger charge is -2.17. The lowest BCUT2D eigenvalue weighted by atomic mass is 10.0. The number of fused-ring (bicyclic) bond motifs is 1. The van der Waals surface area contributed by atoms with E-state index in [2.05, 4.69) is 5.32 Å². The van der Waals surface area contributed by atoms with Crippen LogP contribution in [0.3, 0.4) is 0 Å². The van der Waals surface area contributed by atoms with E-state index >= 15 is 0 Å². The van der Waals surface area contributed by atoms with E-state index in [1.807, 2.05) is 36.4 Å². The summed E-state index contributed by atoms with van der Waals surface area (Å²) in [6.07, 6.45) is -5.00. The SMILES string of the molecule is CC(CC(F)(F)F)NCc1cc2ccccc2cc1N. The molecule has 2 aromatic rings. The number of hydrogen-bond donors (Lipinski definition) is 2. The third kappa shape index (κ3) is 3.87. The Morgan fingerprint density at radius 2 is 1.75 bits per heavy atom. The molecule has 2 nitrogen and oxygen atoms in total. The number of nitrogens with one attached hydrogen (secondary N) is 1. The molecule has 0 radical (unpaired) electrons. The van der Waals surface area contributed by atoms with E-state index in [1.54, 1.807) is 0 Å². The fraction of sp³-hybridized carbons (Fsp3) is 0.333. The molecule has 0 saturated heterocycles. The standard InChI is InChI=1S/C15H17F3N2/c1-10(8-15(16,17)18)20-9-13-6-11-4-2-3-5-12(11)7-14(13)19/h2-7,10,20H,8-9,19H2,1H3. The van der Waals surface area contributed by atoms with Crippen molar-refractivity contribution in [3.63, 3.8) is 0 Å².